The molecule has 0 aromatic carbocycles. The van der Waals surface area contributed by atoms with Crippen molar-refractivity contribution in [3.63, 3.8) is 0 Å². The average molecular weight is 250 g/mol. The van der Waals surface area contributed by atoms with Crippen LogP contribution in [0, 0.1) is 5.41 Å². The summed E-state index contributed by atoms with van der Waals surface area (Å²) in [7, 11) is 0. The number of rotatable bonds is 3. The Morgan fingerprint density at radius 1 is 1.28 bits per heavy atom. The van der Waals surface area contributed by atoms with Crippen LogP contribution in [0.1, 0.15) is 39.5 Å². The lowest BCUT2D eigenvalue weighted by molar-refractivity contribution is -0.0145. The number of hydrogen-bond acceptors (Lipinski definition) is 5. The third-order valence-corrected chi connectivity index (χ3v) is 3.79. The highest BCUT2D eigenvalue weighted by Gasteiger charge is 2.36. The van der Waals surface area contributed by atoms with Crippen molar-refractivity contribution < 1.29 is 5.11 Å². The maximum atomic E-state index is 10.5. The van der Waals surface area contributed by atoms with E-state index in [-0.39, 0.29) is 0 Å². The van der Waals surface area contributed by atoms with Gasteiger partial charge in [-0.2, -0.15) is 0 Å². The minimum atomic E-state index is -0.637. The largest absolute Gasteiger partial charge is 0.388 e. The number of nitrogen functional groups attached to an aromatic ring is 1. The van der Waals surface area contributed by atoms with Gasteiger partial charge in [0.1, 0.15) is 11.6 Å². The summed E-state index contributed by atoms with van der Waals surface area (Å²) in [6.45, 7) is 5.01. The van der Waals surface area contributed by atoms with E-state index >= 15 is 0 Å². The summed E-state index contributed by atoms with van der Waals surface area (Å²) in [5, 5.41) is 13.6. The van der Waals surface area contributed by atoms with E-state index in [0.29, 0.717) is 23.6 Å². The molecule has 4 N–H and O–H groups in total. The second-order valence-electron chi connectivity index (χ2n) is 6.07. The predicted octanol–water partition coefficient (Wildman–Crippen LogP) is 1.80. The molecule has 1 aromatic heterocycles. The van der Waals surface area contributed by atoms with Gasteiger partial charge in [-0.25, -0.2) is 4.98 Å². The summed E-state index contributed by atoms with van der Waals surface area (Å²) in [4.78, 5) is 8.07. The lowest BCUT2D eigenvalue weighted by atomic mass is 9.71. The van der Waals surface area contributed by atoms with Crippen LogP contribution in [0.2, 0.25) is 0 Å². The summed E-state index contributed by atoms with van der Waals surface area (Å²) in [5.74, 6) is 1.00. The highest BCUT2D eigenvalue weighted by Crippen LogP contribution is 2.40. The van der Waals surface area contributed by atoms with Crippen LogP contribution < -0.4 is 11.1 Å². The molecule has 1 saturated carbocycles. The molecule has 0 radical (unpaired) electrons. The van der Waals surface area contributed by atoms with Crippen molar-refractivity contribution in [1.82, 2.24) is 9.97 Å². The Morgan fingerprint density at radius 3 is 2.56 bits per heavy atom. The van der Waals surface area contributed by atoms with Crippen molar-refractivity contribution in [2.75, 3.05) is 17.6 Å². The van der Waals surface area contributed by atoms with Crippen molar-refractivity contribution >= 4 is 11.6 Å². The molecule has 1 aliphatic carbocycles. The minimum Gasteiger partial charge on any atom is -0.388 e. The van der Waals surface area contributed by atoms with Gasteiger partial charge in [0.15, 0.2) is 0 Å². The van der Waals surface area contributed by atoms with Gasteiger partial charge >= 0.3 is 0 Å². The Morgan fingerprint density at radius 2 is 1.94 bits per heavy atom. The molecule has 0 amide bonds. The van der Waals surface area contributed by atoms with E-state index in [1.807, 2.05) is 0 Å². The first-order chi connectivity index (χ1) is 8.39. The second-order valence-corrected chi connectivity index (χ2v) is 6.07. The van der Waals surface area contributed by atoms with E-state index < -0.39 is 5.60 Å². The molecule has 1 aliphatic rings. The number of nitrogens with zero attached hydrogens (tertiary/aromatic N) is 2. The molecule has 100 valence electrons. The molecule has 1 heterocycles. The summed E-state index contributed by atoms with van der Waals surface area (Å²) in [6.07, 6.45) is 6.86. The van der Waals surface area contributed by atoms with E-state index in [4.69, 9.17) is 5.73 Å². The number of hydrogen-bond donors (Lipinski definition) is 3. The van der Waals surface area contributed by atoms with Gasteiger partial charge in [0, 0.05) is 6.54 Å². The number of nitrogens with two attached hydrogens (primary N) is 1. The molecule has 0 saturated heterocycles. The number of aliphatic hydroxyl groups is 1. The first kappa shape index (κ1) is 13.1. The third-order valence-electron chi connectivity index (χ3n) is 3.79. The van der Waals surface area contributed by atoms with Crippen molar-refractivity contribution in [2.45, 2.75) is 45.1 Å². The SMILES string of the molecule is CC1(C)CCC(O)(CNc2cncc(N)n2)CC1. The Balaban J connectivity index is 1.90. The normalized spacial score (nSPS) is 21.5. The van der Waals surface area contributed by atoms with Crippen LogP contribution in [-0.2, 0) is 0 Å². The van der Waals surface area contributed by atoms with Gasteiger partial charge in [0.2, 0.25) is 0 Å². The molecule has 5 nitrogen and oxygen atoms in total. The Bertz CT molecular complexity index is 409. The first-order valence-electron chi connectivity index (χ1n) is 6.42. The van der Waals surface area contributed by atoms with Crippen LogP contribution in [0.25, 0.3) is 0 Å². The highest BCUT2D eigenvalue weighted by atomic mass is 16.3. The fraction of sp³-hybridized carbons (Fsp3) is 0.692. The van der Waals surface area contributed by atoms with Gasteiger partial charge in [-0.3, -0.25) is 4.98 Å². The molecular formula is C13H22N4O. The van der Waals surface area contributed by atoms with Gasteiger partial charge in [-0.1, -0.05) is 13.8 Å². The molecule has 2 rings (SSSR count). The monoisotopic (exact) mass is 250 g/mol. The molecule has 0 atom stereocenters. The zero-order valence-corrected chi connectivity index (χ0v) is 11.1. The first-order valence-corrected chi connectivity index (χ1v) is 6.42. The lowest BCUT2D eigenvalue weighted by Crippen LogP contribution is -2.42. The molecule has 0 aliphatic heterocycles. The van der Waals surface area contributed by atoms with Crippen LogP contribution in [0.15, 0.2) is 12.4 Å². The molecule has 0 spiro atoms. The van der Waals surface area contributed by atoms with Crippen molar-refractivity contribution in [3.05, 3.63) is 12.4 Å². The quantitative estimate of drug-likeness (QED) is 0.762. The summed E-state index contributed by atoms with van der Waals surface area (Å²) >= 11 is 0. The van der Waals surface area contributed by atoms with E-state index in [9.17, 15) is 5.11 Å². The van der Waals surface area contributed by atoms with Gasteiger partial charge in [0.05, 0.1) is 18.0 Å². The summed E-state index contributed by atoms with van der Waals surface area (Å²) in [5.41, 5.74) is 5.27. The molecule has 0 bridgehead atoms. The maximum absolute atomic E-state index is 10.5. The standard InChI is InChI=1S/C13H22N4O/c1-12(2)3-5-13(18,6-4-12)9-16-11-8-15-7-10(14)17-11/h7-8,18H,3-6,9H2,1-2H3,(H3,14,16,17). The van der Waals surface area contributed by atoms with Gasteiger partial charge in [-0.05, 0) is 31.1 Å². The maximum Gasteiger partial charge on any atom is 0.147 e. The third kappa shape index (κ3) is 3.32. The molecule has 1 aromatic rings. The van der Waals surface area contributed by atoms with E-state index in [2.05, 4.69) is 29.1 Å². The van der Waals surface area contributed by atoms with E-state index in [1.54, 1.807) is 6.20 Å². The zero-order valence-electron chi connectivity index (χ0n) is 11.1. The van der Waals surface area contributed by atoms with Crippen LogP contribution in [0.5, 0.6) is 0 Å². The average Bonchev–Trinajstić information content (AvgIpc) is 2.32. The van der Waals surface area contributed by atoms with E-state index in [1.165, 1.54) is 6.20 Å². The topological polar surface area (TPSA) is 84.1 Å². The van der Waals surface area contributed by atoms with Crippen LogP contribution in [-0.4, -0.2) is 27.2 Å². The Kier molecular flexibility index (Phi) is 3.43. The van der Waals surface area contributed by atoms with Crippen LogP contribution >= 0.6 is 0 Å². The smallest absolute Gasteiger partial charge is 0.147 e. The summed E-state index contributed by atoms with van der Waals surface area (Å²) < 4.78 is 0. The van der Waals surface area contributed by atoms with Crippen molar-refractivity contribution in [1.29, 1.82) is 0 Å². The predicted molar refractivity (Wildman–Crippen MR) is 72.1 cm³/mol. The number of anilines is 2. The van der Waals surface area contributed by atoms with Crippen LogP contribution in [0.4, 0.5) is 11.6 Å². The Labute approximate surface area is 108 Å². The number of nitrogens with one attached hydrogen (secondary N) is 1. The minimum absolute atomic E-state index is 0.350. The fourth-order valence-corrected chi connectivity index (χ4v) is 2.29. The van der Waals surface area contributed by atoms with Gasteiger partial charge < -0.3 is 16.2 Å². The zero-order chi connectivity index (χ0) is 13.2. The van der Waals surface area contributed by atoms with Crippen molar-refractivity contribution in [2.24, 2.45) is 5.41 Å². The van der Waals surface area contributed by atoms with Gasteiger partial charge in [-0.15, -0.1) is 0 Å². The van der Waals surface area contributed by atoms with Gasteiger partial charge in [0.25, 0.3) is 0 Å². The molecule has 18 heavy (non-hydrogen) atoms. The molecule has 5 heteroatoms. The molecule has 0 unspecified atom stereocenters. The molecule has 1 fully saturated rings. The second kappa shape index (κ2) is 4.72. The highest BCUT2D eigenvalue weighted by molar-refractivity contribution is 5.38. The fourth-order valence-electron chi connectivity index (χ4n) is 2.29. The van der Waals surface area contributed by atoms with Crippen LogP contribution in [0.3, 0.4) is 0 Å². The van der Waals surface area contributed by atoms with Crippen molar-refractivity contribution in [3.8, 4) is 0 Å². The molecular weight excluding hydrogens is 228 g/mol. The van der Waals surface area contributed by atoms with E-state index in [0.717, 1.165) is 25.7 Å². The number of aromatic nitrogens is 2. The summed E-state index contributed by atoms with van der Waals surface area (Å²) in [6, 6.07) is 0. The lowest BCUT2D eigenvalue weighted by Gasteiger charge is -2.40. The Hall–Kier alpha value is -1.36.